The van der Waals surface area contributed by atoms with Crippen LogP contribution in [0, 0.1) is 6.92 Å². The Bertz CT molecular complexity index is 708. The highest BCUT2D eigenvalue weighted by Gasteiger charge is 2.06. The maximum absolute atomic E-state index is 11.6. The van der Waals surface area contributed by atoms with Crippen LogP contribution in [0.4, 0.5) is 0 Å². The van der Waals surface area contributed by atoms with Crippen LogP contribution < -0.4 is 5.56 Å². The summed E-state index contributed by atoms with van der Waals surface area (Å²) in [4.78, 5) is 14.3. The summed E-state index contributed by atoms with van der Waals surface area (Å²) in [6, 6.07) is 8.25. The highest BCUT2D eigenvalue weighted by Crippen LogP contribution is 2.31. The second-order valence-corrected chi connectivity index (χ2v) is 4.70. The molecule has 0 unspecified atom stereocenters. The smallest absolute Gasteiger partial charge is 0.265 e. The molecule has 1 aromatic carbocycles. The molecule has 0 atom stereocenters. The van der Waals surface area contributed by atoms with Gasteiger partial charge in [-0.3, -0.25) is 4.79 Å². The Balaban J connectivity index is 2.64. The Labute approximate surface area is 90.2 Å². The van der Waals surface area contributed by atoms with Gasteiger partial charge in [0.1, 0.15) is 4.70 Å². The van der Waals surface area contributed by atoms with Crippen molar-refractivity contribution in [2.75, 3.05) is 0 Å². The summed E-state index contributed by atoms with van der Waals surface area (Å²) in [5, 5.41) is 2.24. The third-order valence-corrected chi connectivity index (χ3v) is 3.74. The summed E-state index contributed by atoms with van der Waals surface area (Å²) < 4.78 is 1.99. The molecule has 15 heavy (non-hydrogen) atoms. The van der Waals surface area contributed by atoms with Gasteiger partial charge >= 0.3 is 0 Å². The molecule has 0 saturated heterocycles. The van der Waals surface area contributed by atoms with Crippen LogP contribution in [0.5, 0.6) is 0 Å². The van der Waals surface area contributed by atoms with E-state index in [0.717, 1.165) is 10.1 Å². The van der Waals surface area contributed by atoms with Crippen LogP contribution in [0.25, 0.3) is 20.2 Å². The summed E-state index contributed by atoms with van der Waals surface area (Å²) in [6.07, 6.45) is 1.71. The van der Waals surface area contributed by atoms with Crippen LogP contribution in [-0.4, -0.2) is 4.98 Å². The summed E-state index contributed by atoms with van der Waals surface area (Å²) in [5.74, 6) is 0. The number of rotatable bonds is 0. The lowest BCUT2D eigenvalue weighted by molar-refractivity contribution is 1.29. The number of hydrogen-bond donors (Lipinski definition) is 1. The van der Waals surface area contributed by atoms with Crippen molar-refractivity contribution in [3.63, 3.8) is 0 Å². The molecule has 0 fully saturated rings. The lowest BCUT2D eigenvalue weighted by atomic mass is 10.1. The standard InChI is InChI=1S/C12H9NOS/c1-7-2-3-10-9(6-7)8-4-5-13-12(14)11(8)15-10/h2-6H,1H3,(H,13,14). The molecule has 0 saturated carbocycles. The van der Waals surface area contributed by atoms with Gasteiger partial charge in [-0.05, 0) is 25.1 Å². The maximum Gasteiger partial charge on any atom is 0.265 e. The van der Waals surface area contributed by atoms with Gasteiger partial charge in [0.25, 0.3) is 5.56 Å². The van der Waals surface area contributed by atoms with Crippen LogP contribution in [0.2, 0.25) is 0 Å². The van der Waals surface area contributed by atoms with E-state index < -0.39 is 0 Å². The molecule has 2 aromatic heterocycles. The molecule has 0 amide bonds. The fraction of sp³-hybridized carbons (Fsp3) is 0.0833. The van der Waals surface area contributed by atoms with E-state index in [9.17, 15) is 4.79 Å². The van der Waals surface area contributed by atoms with E-state index >= 15 is 0 Å². The van der Waals surface area contributed by atoms with E-state index in [-0.39, 0.29) is 5.56 Å². The van der Waals surface area contributed by atoms with Crippen LogP contribution in [0.3, 0.4) is 0 Å². The van der Waals surface area contributed by atoms with Crippen molar-refractivity contribution in [2.24, 2.45) is 0 Å². The molecule has 0 spiro atoms. The van der Waals surface area contributed by atoms with Gasteiger partial charge in [-0.15, -0.1) is 11.3 Å². The largest absolute Gasteiger partial charge is 0.328 e. The van der Waals surface area contributed by atoms with Gasteiger partial charge in [0.05, 0.1) is 0 Å². The quantitative estimate of drug-likeness (QED) is 0.614. The lowest BCUT2D eigenvalue weighted by Crippen LogP contribution is -2.01. The van der Waals surface area contributed by atoms with E-state index in [1.807, 2.05) is 6.07 Å². The highest BCUT2D eigenvalue weighted by molar-refractivity contribution is 7.25. The van der Waals surface area contributed by atoms with Crippen molar-refractivity contribution in [3.05, 3.63) is 46.4 Å². The highest BCUT2D eigenvalue weighted by atomic mass is 32.1. The molecule has 74 valence electrons. The van der Waals surface area contributed by atoms with Crippen molar-refractivity contribution in [2.45, 2.75) is 6.92 Å². The van der Waals surface area contributed by atoms with Gasteiger partial charge < -0.3 is 4.98 Å². The molecule has 0 aliphatic heterocycles. The van der Waals surface area contributed by atoms with E-state index in [1.165, 1.54) is 15.6 Å². The van der Waals surface area contributed by atoms with E-state index in [0.29, 0.717) is 0 Å². The number of aryl methyl sites for hydroxylation is 1. The van der Waals surface area contributed by atoms with Crippen LogP contribution >= 0.6 is 11.3 Å². The minimum Gasteiger partial charge on any atom is -0.328 e. The Morgan fingerprint density at radius 1 is 1.20 bits per heavy atom. The molecule has 2 heterocycles. The number of thiophene rings is 1. The monoisotopic (exact) mass is 215 g/mol. The molecule has 0 aliphatic carbocycles. The number of aromatic amines is 1. The molecule has 0 radical (unpaired) electrons. The van der Waals surface area contributed by atoms with Gasteiger partial charge in [-0.1, -0.05) is 11.6 Å². The van der Waals surface area contributed by atoms with Gasteiger partial charge in [-0.2, -0.15) is 0 Å². The Morgan fingerprint density at radius 3 is 2.93 bits per heavy atom. The number of hydrogen-bond acceptors (Lipinski definition) is 2. The number of benzene rings is 1. The predicted octanol–water partition coefficient (Wildman–Crippen LogP) is 3.05. The minimum atomic E-state index is 0.00588. The first-order valence-corrected chi connectivity index (χ1v) is 5.58. The minimum absolute atomic E-state index is 0.00588. The average molecular weight is 215 g/mol. The third kappa shape index (κ3) is 1.20. The molecule has 0 aliphatic rings. The fourth-order valence-electron chi connectivity index (χ4n) is 1.83. The van der Waals surface area contributed by atoms with Crippen LogP contribution in [-0.2, 0) is 0 Å². The topological polar surface area (TPSA) is 32.9 Å². The second-order valence-electron chi connectivity index (χ2n) is 3.65. The number of nitrogens with one attached hydrogen (secondary N) is 1. The first-order chi connectivity index (χ1) is 7.25. The van der Waals surface area contributed by atoms with Gasteiger partial charge in [0, 0.05) is 21.7 Å². The summed E-state index contributed by atoms with van der Waals surface area (Å²) in [6.45, 7) is 2.07. The second kappa shape index (κ2) is 2.94. The first-order valence-electron chi connectivity index (χ1n) is 4.76. The first kappa shape index (κ1) is 8.68. The SMILES string of the molecule is Cc1ccc2sc3c(=O)[nH]ccc3c2c1. The zero-order chi connectivity index (χ0) is 10.4. The molecule has 3 rings (SSSR count). The van der Waals surface area contributed by atoms with Crippen LogP contribution in [0.1, 0.15) is 5.56 Å². The van der Waals surface area contributed by atoms with Crippen molar-refractivity contribution in [3.8, 4) is 0 Å². The molecule has 0 bridgehead atoms. The van der Waals surface area contributed by atoms with E-state index in [1.54, 1.807) is 17.5 Å². The van der Waals surface area contributed by atoms with Gasteiger partial charge in [0.2, 0.25) is 0 Å². The summed E-state index contributed by atoms with van der Waals surface area (Å²) in [5.41, 5.74) is 1.23. The van der Waals surface area contributed by atoms with E-state index in [4.69, 9.17) is 0 Å². The van der Waals surface area contributed by atoms with E-state index in [2.05, 4.69) is 30.1 Å². The van der Waals surface area contributed by atoms with Gasteiger partial charge in [-0.25, -0.2) is 0 Å². The average Bonchev–Trinajstić information content (AvgIpc) is 2.58. The van der Waals surface area contributed by atoms with Crippen molar-refractivity contribution >= 4 is 31.5 Å². The van der Waals surface area contributed by atoms with Crippen molar-refractivity contribution < 1.29 is 0 Å². The van der Waals surface area contributed by atoms with Gasteiger partial charge in [0.15, 0.2) is 0 Å². The lowest BCUT2D eigenvalue weighted by Gasteiger charge is -1.92. The third-order valence-electron chi connectivity index (χ3n) is 2.55. The zero-order valence-corrected chi connectivity index (χ0v) is 9.02. The summed E-state index contributed by atoms with van der Waals surface area (Å²) in [7, 11) is 0. The number of fused-ring (bicyclic) bond motifs is 3. The zero-order valence-electron chi connectivity index (χ0n) is 8.20. The maximum atomic E-state index is 11.6. The Hall–Kier alpha value is -1.61. The number of pyridine rings is 1. The normalized spacial score (nSPS) is 11.3. The molecule has 3 aromatic rings. The molecule has 3 heteroatoms. The fourth-order valence-corrected chi connectivity index (χ4v) is 2.91. The summed E-state index contributed by atoms with van der Waals surface area (Å²) >= 11 is 1.55. The van der Waals surface area contributed by atoms with Crippen LogP contribution in [0.15, 0.2) is 35.3 Å². The van der Waals surface area contributed by atoms with Crippen molar-refractivity contribution in [1.82, 2.24) is 4.98 Å². The molecule has 1 N–H and O–H groups in total. The molecule has 2 nitrogen and oxygen atoms in total. The Morgan fingerprint density at radius 2 is 2.07 bits per heavy atom. The predicted molar refractivity (Wildman–Crippen MR) is 64.7 cm³/mol. The molecular weight excluding hydrogens is 206 g/mol. The number of aromatic nitrogens is 1. The Kier molecular flexibility index (Phi) is 1.70. The van der Waals surface area contributed by atoms with Crippen molar-refractivity contribution in [1.29, 1.82) is 0 Å². The number of H-pyrrole nitrogens is 1. The molecular formula is C12H9NOS.